The Morgan fingerprint density at radius 1 is 1.53 bits per heavy atom. The molecule has 2 rings (SSSR count). The van der Waals surface area contributed by atoms with Gasteiger partial charge in [-0.1, -0.05) is 19.1 Å². The van der Waals surface area contributed by atoms with Crippen molar-refractivity contribution < 1.29 is 14.7 Å². The van der Waals surface area contributed by atoms with Crippen LogP contribution in [0.25, 0.3) is 0 Å². The average molecular weight is 233 g/mol. The Morgan fingerprint density at radius 3 is 2.88 bits per heavy atom. The molecule has 4 nitrogen and oxygen atoms in total. The lowest BCUT2D eigenvalue weighted by molar-refractivity contribution is -0.137. The molecule has 0 fully saturated rings. The van der Waals surface area contributed by atoms with Gasteiger partial charge >= 0.3 is 5.97 Å². The number of benzene rings is 1. The number of aliphatic carboxylic acids is 1. The Morgan fingerprint density at radius 2 is 2.24 bits per heavy atom. The van der Waals surface area contributed by atoms with Gasteiger partial charge in [0.05, 0.1) is 6.42 Å². The van der Waals surface area contributed by atoms with Gasteiger partial charge in [-0.05, 0) is 23.1 Å². The Kier molecular flexibility index (Phi) is 2.88. The Hall–Kier alpha value is -1.84. The zero-order valence-electron chi connectivity index (χ0n) is 9.93. The third-order valence-electron chi connectivity index (χ3n) is 3.17. The zero-order chi connectivity index (χ0) is 12.6. The van der Waals surface area contributed by atoms with Gasteiger partial charge < -0.3 is 10.0 Å². The number of rotatable bonds is 3. The summed E-state index contributed by atoms with van der Waals surface area (Å²) in [6.45, 7) is 2.50. The van der Waals surface area contributed by atoms with Crippen LogP contribution in [-0.2, 0) is 11.3 Å². The summed E-state index contributed by atoms with van der Waals surface area (Å²) in [4.78, 5) is 24.1. The van der Waals surface area contributed by atoms with Gasteiger partial charge in [0, 0.05) is 19.2 Å². The van der Waals surface area contributed by atoms with Crippen molar-refractivity contribution in [2.45, 2.75) is 25.8 Å². The van der Waals surface area contributed by atoms with Crippen molar-refractivity contribution in [1.29, 1.82) is 0 Å². The van der Waals surface area contributed by atoms with Crippen LogP contribution in [0.2, 0.25) is 0 Å². The van der Waals surface area contributed by atoms with E-state index in [1.165, 1.54) is 0 Å². The number of carbonyl (C=O) groups excluding carboxylic acids is 1. The molecule has 17 heavy (non-hydrogen) atoms. The van der Waals surface area contributed by atoms with Gasteiger partial charge in [0.1, 0.15) is 0 Å². The highest BCUT2D eigenvalue weighted by atomic mass is 16.4. The van der Waals surface area contributed by atoms with Crippen molar-refractivity contribution in [3.8, 4) is 0 Å². The normalized spacial score (nSPS) is 15.9. The molecule has 0 aliphatic carbocycles. The van der Waals surface area contributed by atoms with E-state index in [9.17, 15) is 9.59 Å². The van der Waals surface area contributed by atoms with Crippen molar-refractivity contribution >= 4 is 11.9 Å². The number of fused-ring (bicyclic) bond motifs is 1. The van der Waals surface area contributed by atoms with Crippen molar-refractivity contribution in [3.63, 3.8) is 0 Å². The van der Waals surface area contributed by atoms with Crippen LogP contribution in [0, 0.1) is 0 Å². The molecule has 0 spiro atoms. The van der Waals surface area contributed by atoms with Gasteiger partial charge in [-0.2, -0.15) is 0 Å². The largest absolute Gasteiger partial charge is 0.481 e. The second kappa shape index (κ2) is 4.20. The number of carbonyl (C=O) groups is 2. The van der Waals surface area contributed by atoms with Crippen molar-refractivity contribution in [2.24, 2.45) is 0 Å². The first-order chi connectivity index (χ1) is 7.99. The summed E-state index contributed by atoms with van der Waals surface area (Å²) >= 11 is 0. The number of carboxylic acid groups (broad SMARTS) is 1. The van der Waals surface area contributed by atoms with E-state index in [4.69, 9.17) is 5.11 Å². The molecular formula is C13H15NO3. The van der Waals surface area contributed by atoms with Gasteiger partial charge in [-0.3, -0.25) is 9.59 Å². The van der Waals surface area contributed by atoms with Crippen molar-refractivity contribution in [2.75, 3.05) is 7.05 Å². The van der Waals surface area contributed by atoms with E-state index >= 15 is 0 Å². The maximum absolute atomic E-state index is 11.8. The minimum atomic E-state index is -0.818. The summed E-state index contributed by atoms with van der Waals surface area (Å²) < 4.78 is 0. The first-order valence-corrected chi connectivity index (χ1v) is 5.59. The number of hydrogen-bond donors (Lipinski definition) is 1. The summed E-state index contributed by atoms with van der Waals surface area (Å²) in [5.74, 6) is -0.873. The number of nitrogens with zero attached hydrogens (tertiary/aromatic N) is 1. The van der Waals surface area contributed by atoms with E-state index in [0.29, 0.717) is 12.1 Å². The quantitative estimate of drug-likeness (QED) is 0.866. The molecule has 1 aliphatic heterocycles. The maximum atomic E-state index is 11.8. The molecule has 1 N–H and O–H groups in total. The molecule has 0 bridgehead atoms. The Balaban J connectivity index is 2.29. The molecule has 0 saturated heterocycles. The smallest absolute Gasteiger partial charge is 0.303 e. The van der Waals surface area contributed by atoms with Gasteiger partial charge in [0.15, 0.2) is 0 Å². The number of carboxylic acids is 1. The third-order valence-corrected chi connectivity index (χ3v) is 3.17. The van der Waals surface area contributed by atoms with Gasteiger partial charge in [0.2, 0.25) is 0 Å². The fraction of sp³-hybridized carbons (Fsp3) is 0.385. The van der Waals surface area contributed by atoms with Crippen LogP contribution in [0.5, 0.6) is 0 Å². The predicted molar refractivity (Wildman–Crippen MR) is 62.9 cm³/mol. The summed E-state index contributed by atoms with van der Waals surface area (Å²) in [7, 11) is 1.77. The average Bonchev–Trinajstić information content (AvgIpc) is 2.54. The van der Waals surface area contributed by atoms with Crippen molar-refractivity contribution in [1.82, 2.24) is 4.90 Å². The molecule has 0 aromatic heterocycles. The van der Waals surface area contributed by atoms with Crippen LogP contribution in [0.15, 0.2) is 18.2 Å². The van der Waals surface area contributed by atoms with Crippen LogP contribution in [-0.4, -0.2) is 28.9 Å². The first kappa shape index (κ1) is 11.6. The van der Waals surface area contributed by atoms with Gasteiger partial charge in [0.25, 0.3) is 5.91 Å². The van der Waals surface area contributed by atoms with Crippen LogP contribution in [0.3, 0.4) is 0 Å². The second-order valence-corrected chi connectivity index (χ2v) is 4.58. The van der Waals surface area contributed by atoms with E-state index < -0.39 is 5.97 Å². The number of amides is 1. The zero-order valence-corrected chi connectivity index (χ0v) is 9.93. The molecule has 1 unspecified atom stereocenters. The molecule has 1 atom stereocenters. The third kappa shape index (κ3) is 2.16. The summed E-state index contributed by atoms with van der Waals surface area (Å²) in [6.07, 6.45) is 0.0861. The first-order valence-electron chi connectivity index (χ1n) is 5.59. The Bertz CT molecular complexity index is 482. The minimum absolute atomic E-state index is 0.0179. The highest BCUT2D eigenvalue weighted by Gasteiger charge is 2.25. The molecule has 90 valence electrons. The van der Waals surface area contributed by atoms with E-state index in [1.54, 1.807) is 11.9 Å². The van der Waals surface area contributed by atoms with E-state index in [1.807, 2.05) is 25.1 Å². The molecule has 1 aromatic carbocycles. The molecular weight excluding hydrogens is 218 g/mol. The van der Waals surface area contributed by atoms with E-state index in [-0.39, 0.29) is 18.2 Å². The lowest BCUT2D eigenvalue weighted by Gasteiger charge is -2.10. The second-order valence-electron chi connectivity index (χ2n) is 4.58. The van der Waals surface area contributed by atoms with E-state index in [2.05, 4.69) is 0 Å². The minimum Gasteiger partial charge on any atom is -0.481 e. The standard InChI is InChI=1S/C13H15NO3/c1-8(5-12(15)16)9-3-4-10-7-14(2)13(17)11(10)6-9/h3-4,6,8H,5,7H2,1-2H3,(H,15,16). The van der Waals surface area contributed by atoms with E-state index in [0.717, 1.165) is 11.1 Å². The Labute approximate surface area is 99.9 Å². The molecule has 0 radical (unpaired) electrons. The van der Waals surface area contributed by atoms with Gasteiger partial charge in [-0.25, -0.2) is 0 Å². The topological polar surface area (TPSA) is 57.6 Å². The van der Waals surface area contributed by atoms with Crippen LogP contribution in [0.4, 0.5) is 0 Å². The maximum Gasteiger partial charge on any atom is 0.303 e. The molecule has 1 amide bonds. The monoisotopic (exact) mass is 233 g/mol. The van der Waals surface area contributed by atoms with Crippen molar-refractivity contribution in [3.05, 3.63) is 34.9 Å². The molecule has 1 aliphatic rings. The summed E-state index contributed by atoms with van der Waals surface area (Å²) in [5, 5.41) is 8.76. The summed E-state index contributed by atoms with van der Waals surface area (Å²) in [5.41, 5.74) is 2.64. The highest BCUT2D eigenvalue weighted by Crippen LogP contribution is 2.27. The molecule has 4 heteroatoms. The highest BCUT2D eigenvalue weighted by molar-refractivity contribution is 5.98. The molecule has 1 heterocycles. The fourth-order valence-corrected chi connectivity index (χ4v) is 2.15. The summed E-state index contributed by atoms with van der Waals surface area (Å²) in [6, 6.07) is 5.66. The van der Waals surface area contributed by atoms with Crippen LogP contribution >= 0.6 is 0 Å². The van der Waals surface area contributed by atoms with Crippen LogP contribution in [0.1, 0.15) is 40.7 Å². The molecule has 0 saturated carbocycles. The predicted octanol–water partition coefficient (Wildman–Crippen LogP) is 1.85. The number of hydrogen-bond acceptors (Lipinski definition) is 2. The lowest BCUT2D eigenvalue weighted by Crippen LogP contribution is -2.17. The van der Waals surface area contributed by atoms with Crippen LogP contribution < -0.4 is 0 Å². The lowest BCUT2D eigenvalue weighted by atomic mass is 9.94. The fourth-order valence-electron chi connectivity index (χ4n) is 2.15. The molecule has 1 aromatic rings. The van der Waals surface area contributed by atoms with Gasteiger partial charge in [-0.15, -0.1) is 0 Å². The SMILES string of the molecule is CC(CC(=O)O)c1ccc2c(c1)C(=O)N(C)C2.